The molecule has 112 valence electrons. The summed E-state index contributed by atoms with van der Waals surface area (Å²) in [6.07, 6.45) is 5.14. The summed E-state index contributed by atoms with van der Waals surface area (Å²) in [6, 6.07) is 0.410. The maximum atomic E-state index is 12.4. The fourth-order valence-corrected chi connectivity index (χ4v) is 3.17. The molecule has 1 fully saturated rings. The van der Waals surface area contributed by atoms with Gasteiger partial charge in [0.15, 0.2) is 0 Å². The summed E-state index contributed by atoms with van der Waals surface area (Å²) in [4.78, 5) is 14.5. The molecule has 1 saturated heterocycles. The maximum Gasteiger partial charge on any atom is 0.222 e. The summed E-state index contributed by atoms with van der Waals surface area (Å²) in [5, 5.41) is 0. The van der Waals surface area contributed by atoms with Gasteiger partial charge in [0.05, 0.1) is 0 Å². The molecule has 3 nitrogen and oxygen atoms in total. The zero-order chi connectivity index (χ0) is 14.4. The van der Waals surface area contributed by atoms with Crippen LogP contribution in [0.2, 0.25) is 0 Å². The average molecular weight is 268 g/mol. The first-order chi connectivity index (χ1) is 8.97. The molecule has 0 aromatic rings. The van der Waals surface area contributed by atoms with Gasteiger partial charge in [0.25, 0.3) is 0 Å². The topological polar surface area (TPSA) is 46.3 Å². The molecule has 0 bridgehead atoms. The second kappa shape index (κ2) is 7.88. The molecule has 2 N–H and O–H groups in total. The van der Waals surface area contributed by atoms with Gasteiger partial charge in [0.1, 0.15) is 0 Å². The lowest BCUT2D eigenvalue weighted by Crippen LogP contribution is -2.46. The Balaban J connectivity index is 2.45. The number of likely N-dealkylation sites (tertiary alicyclic amines) is 1. The number of nitrogens with two attached hydrogens (primary N) is 1. The van der Waals surface area contributed by atoms with Gasteiger partial charge in [-0.05, 0) is 56.9 Å². The van der Waals surface area contributed by atoms with Crippen molar-refractivity contribution in [3.63, 3.8) is 0 Å². The van der Waals surface area contributed by atoms with Gasteiger partial charge in [0, 0.05) is 19.0 Å². The van der Waals surface area contributed by atoms with Crippen molar-refractivity contribution in [1.29, 1.82) is 0 Å². The zero-order valence-electron chi connectivity index (χ0n) is 13.2. The number of hydrogen-bond acceptors (Lipinski definition) is 2. The molecule has 19 heavy (non-hydrogen) atoms. The second-order valence-corrected chi connectivity index (χ2v) is 6.57. The molecule has 0 aliphatic carbocycles. The van der Waals surface area contributed by atoms with E-state index in [1.807, 2.05) is 0 Å². The number of carbonyl (C=O) groups excluding carboxylic acids is 1. The molecule has 0 aromatic heterocycles. The van der Waals surface area contributed by atoms with E-state index in [4.69, 9.17) is 5.73 Å². The van der Waals surface area contributed by atoms with Crippen LogP contribution >= 0.6 is 0 Å². The zero-order valence-corrected chi connectivity index (χ0v) is 13.2. The van der Waals surface area contributed by atoms with Crippen molar-refractivity contribution >= 4 is 5.91 Å². The standard InChI is InChI=1S/C16H32N2O/c1-12(2)15(9-10-17)7-8-16(19)18-11-5-6-13(3)14(18)4/h12-15H,5-11,17H2,1-4H3. The molecule has 0 saturated carbocycles. The highest BCUT2D eigenvalue weighted by atomic mass is 16.2. The second-order valence-electron chi connectivity index (χ2n) is 6.57. The molecule has 1 aliphatic rings. The Morgan fingerprint density at radius 1 is 1.32 bits per heavy atom. The van der Waals surface area contributed by atoms with Crippen LogP contribution in [-0.2, 0) is 4.79 Å². The molecule has 1 aliphatic heterocycles. The van der Waals surface area contributed by atoms with Crippen LogP contribution in [0, 0.1) is 17.8 Å². The van der Waals surface area contributed by atoms with Crippen LogP contribution in [0.15, 0.2) is 0 Å². The predicted octanol–water partition coefficient (Wildman–Crippen LogP) is 3.03. The predicted molar refractivity (Wildman–Crippen MR) is 80.8 cm³/mol. The van der Waals surface area contributed by atoms with Crippen LogP contribution in [0.4, 0.5) is 0 Å². The summed E-state index contributed by atoms with van der Waals surface area (Å²) < 4.78 is 0. The minimum absolute atomic E-state index is 0.349. The first-order valence-electron chi connectivity index (χ1n) is 7.96. The highest BCUT2D eigenvalue weighted by Crippen LogP contribution is 2.25. The Labute approximate surface area is 118 Å². The fourth-order valence-electron chi connectivity index (χ4n) is 3.17. The van der Waals surface area contributed by atoms with Gasteiger partial charge in [-0.1, -0.05) is 20.8 Å². The highest BCUT2D eigenvalue weighted by molar-refractivity contribution is 5.76. The monoisotopic (exact) mass is 268 g/mol. The molecule has 1 amide bonds. The Morgan fingerprint density at radius 2 is 2.00 bits per heavy atom. The Bertz CT molecular complexity index is 278. The third kappa shape index (κ3) is 4.79. The first-order valence-corrected chi connectivity index (χ1v) is 7.96. The van der Waals surface area contributed by atoms with E-state index in [2.05, 4.69) is 32.6 Å². The van der Waals surface area contributed by atoms with Crippen molar-refractivity contribution in [2.45, 2.75) is 65.8 Å². The first kappa shape index (κ1) is 16.5. The van der Waals surface area contributed by atoms with Crippen molar-refractivity contribution in [3.8, 4) is 0 Å². The third-order valence-corrected chi connectivity index (χ3v) is 4.90. The van der Waals surface area contributed by atoms with E-state index in [-0.39, 0.29) is 0 Å². The Morgan fingerprint density at radius 3 is 2.58 bits per heavy atom. The summed E-state index contributed by atoms with van der Waals surface area (Å²) >= 11 is 0. The molecule has 0 radical (unpaired) electrons. The number of amides is 1. The van der Waals surface area contributed by atoms with Crippen LogP contribution in [0.25, 0.3) is 0 Å². The SMILES string of the molecule is CC(C)C(CCN)CCC(=O)N1CCCC(C)C1C. The largest absolute Gasteiger partial charge is 0.340 e. The van der Waals surface area contributed by atoms with Crippen LogP contribution < -0.4 is 5.73 Å². The number of rotatable bonds is 6. The van der Waals surface area contributed by atoms with Gasteiger partial charge in [-0.2, -0.15) is 0 Å². The van der Waals surface area contributed by atoms with E-state index in [9.17, 15) is 4.79 Å². The summed E-state index contributed by atoms with van der Waals surface area (Å²) in [5.74, 6) is 2.20. The maximum absolute atomic E-state index is 12.4. The van der Waals surface area contributed by atoms with E-state index < -0.39 is 0 Å². The van der Waals surface area contributed by atoms with Crippen molar-refractivity contribution in [3.05, 3.63) is 0 Å². The van der Waals surface area contributed by atoms with E-state index in [0.29, 0.717) is 36.1 Å². The molecular weight excluding hydrogens is 236 g/mol. The number of carbonyl (C=O) groups is 1. The van der Waals surface area contributed by atoms with Crippen molar-refractivity contribution in [2.75, 3.05) is 13.1 Å². The third-order valence-electron chi connectivity index (χ3n) is 4.90. The van der Waals surface area contributed by atoms with Crippen LogP contribution in [0.1, 0.15) is 59.8 Å². The molecule has 0 spiro atoms. The quantitative estimate of drug-likeness (QED) is 0.805. The number of hydrogen-bond donors (Lipinski definition) is 1. The molecule has 1 rings (SSSR count). The van der Waals surface area contributed by atoms with Gasteiger partial charge in [0.2, 0.25) is 5.91 Å². The van der Waals surface area contributed by atoms with Crippen LogP contribution in [-0.4, -0.2) is 29.9 Å². The number of nitrogens with zero attached hydrogens (tertiary/aromatic N) is 1. The molecule has 0 aromatic carbocycles. The van der Waals surface area contributed by atoms with E-state index in [0.717, 1.165) is 32.4 Å². The molecule has 1 heterocycles. The Kier molecular flexibility index (Phi) is 6.84. The number of piperidine rings is 1. The van der Waals surface area contributed by atoms with Gasteiger partial charge in [-0.25, -0.2) is 0 Å². The lowest BCUT2D eigenvalue weighted by atomic mass is 9.87. The van der Waals surface area contributed by atoms with Crippen molar-refractivity contribution in [1.82, 2.24) is 4.90 Å². The molecule has 3 atom stereocenters. The van der Waals surface area contributed by atoms with Crippen molar-refractivity contribution < 1.29 is 4.79 Å². The van der Waals surface area contributed by atoms with Crippen LogP contribution in [0.3, 0.4) is 0 Å². The lowest BCUT2D eigenvalue weighted by molar-refractivity contribution is -0.136. The molecule has 3 heteroatoms. The summed E-state index contributed by atoms with van der Waals surface area (Å²) in [5.41, 5.74) is 5.66. The van der Waals surface area contributed by atoms with Crippen molar-refractivity contribution in [2.24, 2.45) is 23.5 Å². The Hall–Kier alpha value is -0.570. The normalized spacial score (nSPS) is 25.7. The minimum atomic E-state index is 0.349. The lowest BCUT2D eigenvalue weighted by Gasteiger charge is -2.38. The van der Waals surface area contributed by atoms with E-state index in [1.165, 1.54) is 6.42 Å². The average Bonchev–Trinajstić information content (AvgIpc) is 2.37. The summed E-state index contributed by atoms with van der Waals surface area (Å²) in [7, 11) is 0. The smallest absolute Gasteiger partial charge is 0.222 e. The van der Waals surface area contributed by atoms with E-state index in [1.54, 1.807) is 0 Å². The van der Waals surface area contributed by atoms with Gasteiger partial charge in [-0.3, -0.25) is 4.79 Å². The van der Waals surface area contributed by atoms with E-state index >= 15 is 0 Å². The fraction of sp³-hybridized carbons (Fsp3) is 0.938. The summed E-state index contributed by atoms with van der Waals surface area (Å²) in [6.45, 7) is 10.6. The molecular formula is C16H32N2O. The van der Waals surface area contributed by atoms with Gasteiger partial charge in [-0.15, -0.1) is 0 Å². The van der Waals surface area contributed by atoms with Gasteiger partial charge >= 0.3 is 0 Å². The minimum Gasteiger partial charge on any atom is -0.340 e. The van der Waals surface area contributed by atoms with Crippen LogP contribution in [0.5, 0.6) is 0 Å². The highest BCUT2D eigenvalue weighted by Gasteiger charge is 2.28. The molecule has 3 unspecified atom stereocenters. The van der Waals surface area contributed by atoms with Gasteiger partial charge < -0.3 is 10.6 Å².